The summed E-state index contributed by atoms with van der Waals surface area (Å²) in [5.74, 6) is -0.870. The molecule has 0 aliphatic carbocycles. The largest absolute Gasteiger partial charge is 0.462 e. The van der Waals surface area contributed by atoms with Crippen molar-refractivity contribution in [3.63, 3.8) is 0 Å². The molecule has 478 valence electrons. The number of carbonyl (C=O) groups is 3. The van der Waals surface area contributed by atoms with Crippen LogP contribution in [0, 0.1) is 0 Å². The van der Waals surface area contributed by atoms with E-state index in [4.69, 9.17) is 14.2 Å². The zero-order valence-electron chi connectivity index (χ0n) is 55.0. The minimum atomic E-state index is -0.774. The van der Waals surface area contributed by atoms with E-state index in [1.54, 1.807) is 0 Å². The number of esters is 3. The summed E-state index contributed by atoms with van der Waals surface area (Å²) < 4.78 is 16.9. The third-order valence-corrected chi connectivity index (χ3v) is 16.2. The molecule has 82 heavy (non-hydrogen) atoms. The van der Waals surface area contributed by atoms with E-state index in [9.17, 15) is 14.4 Å². The SMILES string of the molecule is CCCCCCC/C=C\C/C=C\C/C=C\CCCCCCCCCCC(=O)OC(COC(=O)CCCCCCCC)COC(=O)CCCCCCCCCCCCCCCCCCCCCCCCC/C=C\C/C=C\CCCCCCC. The zero-order chi connectivity index (χ0) is 59.2. The van der Waals surface area contributed by atoms with Crippen molar-refractivity contribution in [1.82, 2.24) is 0 Å². The van der Waals surface area contributed by atoms with Gasteiger partial charge in [0.25, 0.3) is 0 Å². The highest BCUT2D eigenvalue weighted by atomic mass is 16.6. The van der Waals surface area contributed by atoms with Crippen molar-refractivity contribution >= 4 is 17.9 Å². The Morgan fingerprint density at radius 3 is 0.683 bits per heavy atom. The molecule has 0 spiro atoms. The molecule has 1 atom stereocenters. The third kappa shape index (κ3) is 67.9. The number of carbonyl (C=O) groups excluding carboxylic acids is 3. The van der Waals surface area contributed by atoms with Gasteiger partial charge in [-0.25, -0.2) is 0 Å². The van der Waals surface area contributed by atoms with Crippen LogP contribution in [0.5, 0.6) is 0 Å². The average molecular weight is 1150 g/mol. The van der Waals surface area contributed by atoms with Crippen molar-refractivity contribution in [3.05, 3.63) is 60.8 Å². The van der Waals surface area contributed by atoms with Crippen LogP contribution in [0.4, 0.5) is 0 Å². The van der Waals surface area contributed by atoms with Gasteiger partial charge >= 0.3 is 17.9 Å². The normalized spacial score (nSPS) is 12.4. The van der Waals surface area contributed by atoms with Crippen LogP contribution in [0.15, 0.2) is 60.8 Å². The van der Waals surface area contributed by atoms with Crippen LogP contribution in [-0.4, -0.2) is 37.2 Å². The van der Waals surface area contributed by atoms with Gasteiger partial charge in [-0.1, -0.05) is 338 Å². The van der Waals surface area contributed by atoms with Crippen LogP contribution in [0.2, 0.25) is 0 Å². The Bertz CT molecular complexity index is 1460. The fourth-order valence-electron chi connectivity index (χ4n) is 10.8. The van der Waals surface area contributed by atoms with Crippen LogP contribution in [-0.2, 0) is 28.6 Å². The minimum Gasteiger partial charge on any atom is -0.462 e. The molecule has 6 heteroatoms. The van der Waals surface area contributed by atoms with E-state index < -0.39 is 6.10 Å². The predicted octanol–water partition coefficient (Wildman–Crippen LogP) is 25.1. The van der Waals surface area contributed by atoms with Crippen molar-refractivity contribution in [2.24, 2.45) is 0 Å². The Kier molecular flexibility index (Phi) is 68.1. The molecule has 0 fully saturated rings. The Balaban J connectivity index is 3.94. The van der Waals surface area contributed by atoms with E-state index in [-0.39, 0.29) is 31.1 Å². The summed E-state index contributed by atoms with van der Waals surface area (Å²) in [4.78, 5) is 38.1. The summed E-state index contributed by atoms with van der Waals surface area (Å²) in [7, 11) is 0. The molecule has 0 aromatic carbocycles. The fraction of sp³-hybridized carbons (Fsp3) is 0.829. The van der Waals surface area contributed by atoms with Crippen LogP contribution in [0.3, 0.4) is 0 Å². The van der Waals surface area contributed by atoms with Crippen molar-refractivity contribution < 1.29 is 28.6 Å². The van der Waals surface area contributed by atoms with Gasteiger partial charge in [0.1, 0.15) is 13.2 Å². The molecule has 0 aromatic heterocycles. The molecular formula is C76H138O6. The fourth-order valence-corrected chi connectivity index (χ4v) is 10.8. The lowest BCUT2D eigenvalue weighted by Gasteiger charge is -2.18. The average Bonchev–Trinajstić information content (AvgIpc) is 3.47. The van der Waals surface area contributed by atoms with Gasteiger partial charge in [0.15, 0.2) is 6.10 Å². The first kappa shape index (κ1) is 79.1. The van der Waals surface area contributed by atoms with Crippen LogP contribution >= 0.6 is 0 Å². The molecule has 0 saturated heterocycles. The van der Waals surface area contributed by atoms with E-state index in [1.807, 2.05) is 0 Å². The van der Waals surface area contributed by atoms with E-state index in [0.717, 1.165) is 83.5 Å². The lowest BCUT2D eigenvalue weighted by molar-refractivity contribution is -0.167. The third-order valence-electron chi connectivity index (χ3n) is 16.2. The second-order valence-corrected chi connectivity index (χ2v) is 24.5. The molecule has 0 N–H and O–H groups in total. The zero-order valence-corrected chi connectivity index (χ0v) is 55.0. The Hall–Kier alpha value is -2.89. The highest BCUT2D eigenvalue weighted by Gasteiger charge is 2.19. The quantitative estimate of drug-likeness (QED) is 0.0261. The van der Waals surface area contributed by atoms with Gasteiger partial charge in [0, 0.05) is 19.3 Å². The number of ether oxygens (including phenoxy) is 3. The first-order chi connectivity index (χ1) is 40.5. The smallest absolute Gasteiger partial charge is 0.306 e. The van der Waals surface area contributed by atoms with E-state index in [1.165, 1.54) is 263 Å². The molecule has 0 heterocycles. The molecule has 6 nitrogen and oxygen atoms in total. The second kappa shape index (κ2) is 70.6. The summed E-state index contributed by atoms with van der Waals surface area (Å²) in [5.41, 5.74) is 0. The summed E-state index contributed by atoms with van der Waals surface area (Å²) >= 11 is 0. The molecular weight excluding hydrogens is 1010 g/mol. The number of hydrogen-bond acceptors (Lipinski definition) is 6. The summed E-state index contributed by atoms with van der Waals surface area (Å²) in [6.07, 6.45) is 91.6. The maximum absolute atomic E-state index is 12.9. The Morgan fingerprint density at radius 1 is 0.244 bits per heavy atom. The number of unbranched alkanes of at least 4 members (excludes halogenated alkanes) is 46. The van der Waals surface area contributed by atoms with Gasteiger partial charge < -0.3 is 14.2 Å². The summed E-state index contributed by atoms with van der Waals surface area (Å²) in [5, 5.41) is 0. The molecule has 0 saturated carbocycles. The monoisotopic (exact) mass is 1150 g/mol. The molecule has 0 amide bonds. The van der Waals surface area contributed by atoms with Gasteiger partial charge in [-0.15, -0.1) is 0 Å². The number of hydrogen-bond donors (Lipinski definition) is 0. The van der Waals surface area contributed by atoms with Crippen LogP contribution in [0.25, 0.3) is 0 Å². The van der Waals surface area contributed by atoms with E-state index in [0.29, 0.717) is 19.3 Å². The lowest BCUT2D eigenvalue weighted by Crippen LogP contribution is -2.30. The van der Waals surface area contributed by atoms with Gasteiger partial charge in [-0.3, -0.25) is 14.4 Å². The van der Waals surface area contributed by atoms with Gasteiger partial charge in [0.2, 0.25) is 0 Å². The van der Waals surface area contributed by atoms with Gasteiger partial charge in [-0.05, 0) is 89.9 Å². The first-order valence-corrected chi connectivity index (χ1v) is 36.3. The van der Waals surface area contributed by atoms with Gasteiger partial charge in [-0.2, -0.15) is 0 Å². The Labute approximate surface area is 510 Å². The highest BCUT2D eigenvalue weighted by molar-refractivity contribution is 5.71. The summed E-state index contributed by atoms with van der Waals surface area (Å²) in [6, 6.07) is 0. The van der Waals surface area contributed by atoms with Gasteiger partial charge in [0.05, 0.1) is 0 Å². The van der Waals surface area contributed by atoms with Crippen molar-refractivity contribution in [1.29, 1.82) is 0 Å². The summed E-state index contributed by atoms with van der Waals surface area (Å²) in [6.45, 7) is 6.60. The molecule has 0 bridgehead atoms. The maximum atomic E-state index is 12.9. The second-order valence-electron chi connectivity index (χ2n) is 24.5. The van der Waals surface area contributed by atoms with Crippen molar-refractivity contribution in [2.45, 2.75) is 393 Å². The van der Waals surface area contributed by atoms with E-state index in [2.05, 4.69) is 81.5 Å². The van der Waals surface area contributed by atoms with Crippen LogP contribution in [0.1, 0.15) is 387 Å². The highest BCUT2D eigenvalue weighted by Crippen LogP contribution is 2.18. The van der Waals surface area contributed by atoms with Crippen molar-refractivity contribution in [2.75, 3.05) is 13.2 Å². The number of rotatable bonds is 67. The molecule has 1 unspecified atom stereocenters. The molecule has 0 radical (unpaired) electrons. The number of allylic oxidation sites excluding steroid dienone is 10. The van der Waals surface area contributed by atoms with Crippen molar-refractivity contribution in [3.8, 4) is 0 Å². The molecule has 0 aliphatic heterocycles. The predicted molar refractivity (Wildman–Crippen MR) is 358 cm³/mol. The van der Waals surface area contributed by atoms with Crippen LogP contribution < -0.4 is 0 Å². The lowest BCUT2D eigenvalue weighted by atomic mass is 10.0. The molecule has 0 aromatic rings. The molecule has 0 aliphatic rings. The standard InChI is InChI=1S/C76H138O6/c1-4-7-10-13-16-18-20-22-24-26-28-30-32-33-34-35-36-37-38-39-40-41-42-43-45-46-48-50-52-54-56-58-60-63-66-69-75(78)81-72-73(71-80-74(77)68-65-62-15-12-9-6-3)82-76(79)70-67-64-61-59-57-55-53-51-49-47-44-31-29-27-25-23-21-19-17-14-11-8-5-2/h20-23,26-29,44,47,73H,4-19,24-25,30-43,45-46,48-72H2,1-3H3/b22-20-,23-21-,28-26-,29-27-,47-44-. The first-order valence-electron chi connectivity index (χ1n) is 36.3. The minimum absolute atomic E-state index is 0.0729. The van der Waals surface area contributed by atoms with E-state index >= 15 is 0 Å². The maximum Gasteiger partial charge on any atom is 0.306 e. The topological polar surface area (TPSA) is 78.9 Å². The molecule has 0 rings (SSSR count). The Morgan fingerprint density at radius 2 is 0.439 bits per heavy atom.